The van der Waals surface area contributed by atoms with Crippen molar-refractivity contribution in [1.29, 1.82) is 0 Å². The predicted molar refractivity (Wildman–Crippen MR) is 107 cm³/mol. The number of carboxylic acids is 1. The molecule has 3 heterocycles. The Balaban J connectivity index is 1.49. The van der Waals surface area contributed by atoms with Gasteiger partial charge in [-0.15, -0.1) is 23.1 Å². The third-order valence-corrected chi connectivity index (χ3v) is 7.35. The maximum absolute atomic E-state index is 12.9. The summed E-state index contributed by atoms with van der Waals surface area (Å²) in [6.07, 6.45) is 2.15. The van der Waals surface area contributed by atoms with Crippen LogP contribution in [-0.2, 0) is 19.2 Å². The number of rotatable bonds is 7. The minimum Gasteiger partial charge on any atom is -0.480 e. The largest absolute Gasteiger partial charge is 0.480 e. The Labute approximate surface area is 174 Å². The van der Waals surface area contributed by atoms with Gasteiger partial charge in [-0.05, 0) is 32.6 Å². The molecule has 0 unspecified atom stereocenters. The van der Waals surface area contributed by atoms with E-state index in [-0.39, 0.29) is 16.5 Å². The Kier molecular flexibility index (Phi) is 4.93. The Bertz CT molecular complexity index is 897. The highest BCUT2D eigenvalue weighted by Gasteiger charge is 2.64. The number of nitrogens with zero attached hydrogens (tertiary/aromatic N) is 3. The van der Waals surface area contributed by atoms with Crippen LogP contribution >= 0.6 is 23.1 Å². The van der Waals surface area contributed by atoms with E-state index in [1.165, 1.54) is 28.0 Å². The summed E-state index contributed by atoms with van der Waals surface area (Å²) in [6, 6.07) is -1.77. The lowest BCUT2D eigenvalue weighted by Crippen LogP contribution is -2.71. The summed E-state index contributed by atoms with van der Waals surface area (Å²) in [5, 5.41) is 17.5. The number of hydrogen-bond donors (Lipinski definition) is 3. The van der Waals surface area contributed by atoms with Gasteiger partial charge in [-0.1, -0.05) is 5.16 Å². The van der Waals surface area contributed by atoms with Crippen LogP contribution in [0.25, 0.3) is 0 Å². The summed E-state index contributed by atoms with van der Waals surface area (Å²) in [5.74, 6) is -1.64. The number of thioether (sulfide) groups is 1. The number of β-lactam (4-membered cyclic amide) rings is 1. The number of oxime groups is 1. The van der Waals surface area contributed by atoms with Crippen LogP contribution in [0, 0.1) is 5.92 Å². The smallest absolute Gasteiger partial charge is 0.327 e. The minimum absolute atomic E-state index is 0.0538. The van der Waals surface area contributed by atoms with Crippen LogP contribution in [0.5, 0.6) is 0 Å². The second-order valence-corrected chi connectivity index (χ2v) is 10.5. The third-order valence-electron chi connectivity index (χ3n) is 5.10. The second-order valence-electron chi connectivity index (χ2n) is 7.80. The first-order chi connectivity index (χ1) is 13.7. The Hall–Kier alpha value is -2.34. The van der Waals surface area contributed by atoms with E-state index < -0.39 is 40.0 Å². The van der Waals surface area contributed by atoms with Gasteiger partial charge in [0.05, 0.1) is 0 Å². The highest BCUT2D eigenvalue weighted by atomic mass is 32.2. The monoisotopic (exact) mass is 439 g/mol. The van der Waals surface area contributed by atoms with Gasteiger partial charge >= 0.3 is 5.97 Å². The van der Waals surface area contributed by atoms with Gasteiger partial charge in [0.2, 0.25) is 5.91 Å². The van der Waals surface area contributed by atoms with Crippen LogP contribution in [0.1, 0.15) is 32.4 Å². The van der Waals surface area contributed by atoms with Crippen molar-refractivity contribution in [3.05, 3.63) is 11.1 Å². The van der Waals surface area contributed by atoms with Gasteiger partial charge in [-0.3, -0.25) is 9.59 Å². The molecule has 0 radical (unpaired) electrons. The molecule has 0 spiro atoms. The van der Waals surface area contributed by atoms with E-state index in [0.717, 1.165) is 12.8 Å². The highest BCUT2D eigenvalue weighted by molar-refractivity contribution is 8.01. The van der Waals surface area contributed by atoms with E-state index in [1.54, 1.807) is 19.2 Å². The molecule has 1 aromatic rings. The number of nitrogen functional groups attached to an aromatic ring is 1. The topological polar surface area (TPSA) is 147 Å². The molecule has 12 heteroatoms. The van der Waals surface area contributed by atoms with E-state index in [1.807, 2.05) is 0 Å². The number of carbonyl (C=O) groups is 3. The van der Waals surface area contributed by atoms with Gasteiger partial charge < -0.3 is 25.9 Å². The van der Waals surface area contributed by atoms with Gasteiger partial charge in [0.25, 0.3) is 5.91 Å². The molecule has 3 atom stereocenters. The number of anilines is 1. The summed E-state index contributed by atoms with van der Waals surface area (Å²) in [5.41, 5.74) is 5.88. The van der Waals surface area contributed by atoms with Crippen LogP contribution < -0.4 is 11.1 Å². The summed E-state index contributed by atoms with van der Waals surface area (Å²) in [4.78, 5) is 47.8. The maximum atomic E-state index is 12.9. The molecule has 156 valence electrons. The molecule has 2 saturated heterocycles. The van der Waals surface area contributed by atoms with Gasteiger partial charge in [0.15, 0.2) is 10.8 Å². The van der Waals surface area contributed by atoms with Crippen LogP contribution in [0.4, 0.5) is 5.13 Å². The Morgan fingerprint density at radius 1 is 1.48 bits per heavy atom. The number of aromatic nitrogens is 1. The first kappa shape index (κ1) is 20.0. The lowest BCUT2D eigenvalue weighted by molar-refractivity contribution is -0.160. The molecule has 0 aromatic carbocycles. The number of amides is 2. The number of hydrogen-bond acceptors (Lipinski definition) is 9. The molecule has 4 rings (SSSR count). The van der Waals surface area contributed by atoms with E-state index in [9.17, 15) is 19.5 Å². The van der Waals surface area contributed by atoms with Crippen molar-refractivity contribution >= 4 is 51.7 Å². The molecular formula is C17H21N5O5S2. The number of nitrogens with one attached hydrogen (secondary N) is 1. The molecule has 3 fully saturated rings. The number of thiazole rings is 1. The van der Waals surface area contributed by atoms with Gasteiger partial charge in [0, 0.05) is 10.1 Å². The molecule has 10 nitrogen and oxygen atoms in total. The summed E-state index contributed by atoms with van der Waals surface area (Å²) in [6.45, 7) is 3.97. The lowest BCUT2D eigenvalue weighted by atomic mass is 9.96. The fraction of sp³-hybridized carbons (Fsp3) is 0.588. The molecule has 1 aromatic heterocycles. The molecular weight excluding hydrogens is 418 g/mol. The Morgan fingerprint density at radius 3 is 2.79 bits per heavy atom. The summed E-state index contributed by atoms with van der Waals surface area (Å²) >= 11 is 2.52. The zero-order valence-corrected chi connectivity index (χ0v) is 17.5. The molecule has 1 saturated carbocycles. The standard InChI is InChI=1S/C17H21N5O5S2/c1-17(2)11(15(25)26)22-13(24)10(14(22)29-17)20-12(23)9(8-6-28-16(18)19-8)21-27-5-7-3-4-7/h6-7,10-11,14H,3-5H2,1-2H3,(H2,18,19)(H,20,23)(H,25,26)/t10-,11-,14+/m0/s1. The molecule has 2 amide bonds. The zero-order chi connectivity index (χ0) is 20.9. The zero-order valence-electron chi connectivity index (χ0n) is 15.8. The quantitative estimate of drug-likeness (QED) is 0.316. The van der Waals surface area contributed by atoms with Crippen molar-refractivity contribution < 1.29 is 24.3 Å². The fourth-order valence-corrected chi connectivity index (χ4v) is 5.62. The average molecular weight is 440 g/mol. The van der Waals surface area contributed by atoms with E-state index in [0.29, 0.717) is 12.5 Å². The average Bonchev–Trinajstić information content (AvgIpc) is 3.31. The maximum Gasteiger partial charge on any atom is 0.327 e. The lowest BCUT2D eigenvalue weighted by Gasteiger charge is -2.43. The van der Waals surface area contributed by atoms with E-state index in [2.05, 4.69) is 15.5 Å². The van der Waals surface area contributed by atoms with Crippen molar-refractivity contribution in [2.45, 2.75) is 48.9 Å². The van der Waals surface area contributed by atoms with Gasteiger partial charge in [-0.25, -0.2) is 9.78 Å². The molecule has 1 aliphatic carbocycles. The van der Waals surface area contributed by atoms with Gasteiger partial charge in [-0.2, -0.15) is 0 Å². The molecule has 3 aliphatic rings. The summed E-state index contributed by atoms with van der Waals surface area (Å²) in [7, 11) is 0. The molecule has 2 aliphatic heterocycles. The van der Waals surface area contributed by atoms with Crippen molar-refractivity contribution in [2.75, 3.05) is 12.3 Å². The van der Waals surface area contributed by atoms with Crippen molar-refractivity contribution in [1.82, 2.24) is 15.2 Å². The highest BCUT2D eigenvalue weighted by Crippen LogP contribution is 2.50. The van der Waals surface area contributed by atoms with Crippen LogP contribution in [0.15, 0.2) is 10.5 Å². The fourth-order valence-electron chi connectivity index (χ4n) is 3.45. The predicted octanol–water partition coefficient (Wildman–Crippen LogP) is 0.488. The Morgan fingerprint density at radius 2 is 2.21 bits per heavy atom. The van der Waals surface area contributed by atoms with E-state index >= 15 is 0 Å². The van der Waals surface area contributed by atoms with E-state index in [4.69, 9.17) is 10.6 Å². The normalized spacial score (nSPS) is 27.9. The third kappa shape index (κ3) is 3.66. The first-order valence-corrected chi connectivity index (χ1v) is 10.9. The number of carbonyl (C=O) groups excluding carboxylic acids is 2. The van der Waals surface area contributed by atoms with Crippen LogP contribution in [-0.4, -0.2) is 67.3 Å². The van der Waals surface area contributed by atoms with Crippen LogP contribution in [0.2, 0.25) is 0 Å². The number of aliphatic carboxylic acids is 1. The summed E-state index contributed by atoms with van der Waals surface area (Å²) < 4.78 is -0.667. The number of fused-ring (bicyclic) bond motifs is 1. The van der Waals surface area contributed by atoms with Crippen molar-refractivity contribution in [2.24, 2.45) is 11.1 Å². The van der Waals surface area contributed by atoms with Gasteiger partial charge in [0.1, 0.15) is 29.8 Å². The number of nitrogens with two attached hydrogens (primary N) is 1. The molecule has 4 N–H and O–H groups in total. The first-order valence-electron chi connectivity index (χ1n) is 9.14. The SMILES string of the molecule is CC1(C)S[C@@H]2[C@@H](NC(=O)C(=NOCC3CC3)c3csc(N)n3)C(=O)N2[C@H]1C(=O)O. The van der Waals surface area contributed by atoms with Crippen LogP contribution in [0.3, 0.4) is 0 Å². The minimum atomic E-state index is -1.06. The van der Waals surface area contributed by atoms with Crippen molar-refractivity contribution in [3.63, 3.8) is 0 Å². The second kappa shape index (κ2) is 7.17. The number of carboxylic acid groups (broad SMARTS) is 1. The molecule has 29 heavy (non-hydrogen) atoms. The molecule has 0 bridgehead atoms. The van der Waals surface area contributed by atoms with Crippen molar-refractivity contribution in [3.8, 4) is 0 Å².